The van der Waals surface area contributed by atoms with Gasteiger partial charge in [-0.2, -0.15) is 13.2 Å². The topological polar surface area (TPSA) is 16.1 Å². The molecule has 0 aliphatic heterocycles. The fraction of sp³-hybridized carbons (Fsp3) is 0.700. The number of hydrogen-bond acceptors (Lipinski definition) is 3. The number of nitrogens with zero attached hydrogens (tertiary/aromatic N) is 2. The van der Waals surface area contributed by atoms with Crippen LogP contribution < -0.4 is 4.90 Å². The molecular weight excluding hydrogens is 237 g/mol. The number of hydrogen-bond donors (Lipinski definition) is 0. The van der Waals surface area contributed by atoms with Crippen LogP contribution >= 0.6 is 11.3 Å². The highest BCUT2D eigenvalue weighted by Gasteiger charge is 2.33. The zero-order chi connectivity index (χ0) is 12.3. The molecule has 1 aromatic rings. The van der Waals surface area contributed by atoms with Crippen LogP contribution in [-0.2, 0) is 6.18 Å². The first kappa shape index (κ1) is 13.3. The second-order valence-electron chi connectivity index (χ2n) is 4.11. The molecule has 0 aliphatic carbocycles. The van der Waals surface area contributed by atoms with Crippen LogP contribution in [0.15, 0.2) is 6.20 Å². The van der Waals surface area contributed by atoms with E-state index in [1.807, 2.05) is 0 Å². The molecule has 16 heavy (non-hydrogen) atoms. The van der Waals surface area contributed by atoms with Gasteiger partial charge in [0.1, 0.15) is 4.88 Å². The molecule has 6 heteroatoms. The molecule has 0 saturated heterocycles. The average molecular weight is 252 g/mol. The van der Waals surface area contributed by atoms with Crippen molar-refractivity contribution in [3.05, 3.63) is 11.1 Å². The van der Waals surface area contributed by atoms with Crippen molar-refractivity contribution >= 4 is 16.5 Å². The molecule has 0 bridgehead atoms. The standard InChI is InChI=1S/C10H15F3N2S/c1-7(2)4-5-15(3)9-14-6-8(16-9)10(11,12)13/h6-7H,4-5H2,1-3H3. The number of aromatic nitrogens is 1. The van der Waals surface area contributed by atoms with Crippen molar-refractivity contribution < 1.29 is 13.2 Å². The molecule has 0 unspecified atom stereocenters. The fourth-order valence-corrected chi connectivity index (χ4v) is 1.89. The summed E-state index contributed by atoms with van der Waals surface area (Å²) < 4.78 is 37.0. The van der Waals surface area contributed by atoms with Gasteiger partial charge in [0.15, 0.2) is 5.13 Å². The Morgan fingerprint density at radius 3 is 2.50 bits per heavy atom. The number of alkyl halides is 3. The summed E-state index contributed by atoms with van der Waals surface area (Å²) in [6.07, 6.45) is -2.45. The van der Waals surface area contributed by atoms with E-state index in [9.17, 15) is 13.2 Å². The number of rotatable bonds is 4. The Kier molecular flexibility index (Phi) is 4.18. The van der Waals surface area contributed by atoms with Gasteiger partial charge < -0.3 is 4.90 Å². The van der Waals surface area contributed by atoms with Crippen LogP contribution in [0.4, 0.5) is 18.3 Å². The minimum atomic E-state index is -4.28. The van der Waals surface area contributed by atoms with Crippen molar-refractivity contribution in [2.24, 2.45) is 5.92 Å². The lowest BCUT2D eigenvalue weighted by Gasteiger charge is -2.16. The lowest BCUT2D eigenvalue weighted by molar-refractivity contribution is -0.134. The molecule has 0 atom stereocenters. The quantitative estimate of drug-likeness (QED) is 0.813. The van der Waals surface area contributed by atoms with E-state index < -0.39 is 11.1 Å². The largest absolute Gasteiger partial charge is 0.427 e. The molecule has 0 spiro atoms. The Hall–Kier alpha value is -0.780. The van der Waals surface area contributed by atoms with Gasteiger partial charge in [0, 0.05) is 13.6 Å². The van der Waals surface area contributed by atoms with Gasteiger partial charge in [-0.1, -0.05) is 25.2 Å². The smallest absolute Gasteiger partial charge is 0.351 e. The highest BCUT2D eigenvalue weighted by Crippen LogP contribution is 2.35. The van der Waals surface area contributed by atoms with Crippen molar-refractivity contribution in [3.63, 3.8) is 0 Å². The Morgan fingerprint density at radius 2 is 2.06 bits per heavy atom. The van der Waals surface area contributed by atoms with Gasteiger partial charge in [-0.15, -0.1) is 0 Å². The van der Waals surface area contributed by atoms with E-state index in [-0.39, 0.29) is 0 Å². The molecule has 1 rings (SSSR count). The predicted molar refractivity (Wildman–Crippen MR) is 59.8 cm³/mol. The SMILES string of the molecule is CC(C)CCN(C)c1ncc(C(F)(F)F)s1. The van der Waals surface area contributed by atoms with Crippen molar-refractivity contribution in [2.45, 2.75) is 26.4 Å². The maximum absolute atomic E-state index is 12.3. The van der Waals surface area contributed by atoms with Crippen LogP contribution in [0.1, 0.15) is 25.1 Å². The van der Waals surface area contributed by atoms with Crippen LogP contribution in [0.2, 0.25) is 0 Å². The molecule has 0 saturated carbocycles. The first-order chi connectivity index (χ1) is 7.30. The Bertz CT molecular complexity index is 333. The van der Waals surface area contributed by atoms with E-state index in [4.69, 9.17) is 0 Å². The van der Waals surface area contributed by atoms with Gasteiger partial charge in [-0.25, -0.2) is 4.98 Å². The van der Waals surface area contributed by atoms with Crippen molar-refractivity contribution in [1.29, 1.82) is 0 Å². The molecule has 0 radical (unpaired) electrons. The van der Waals surface area contributed by atoms with Crippen LogP contribution in [0.5, 0.6) is 0 Å². The summed E-state index contributed by atoms with van der Waals surface area (Å²) in [5.41, 5.74) is 0. The highest BCUT2D eigenvalue weighted by atomic mass is 32.1. The zero-order valence-electron chi connectivity index (χ0n) is 9.51. The Labute approximate surface area is 97.1 Å². The van der Waals surface area contributed by atoms with E-state index in [2.05, 4.69) is 18.8 Å². The number of halogens is 3. The number of thiazole rings is 1. The third-order valence-corrected chi connectivity index (χ3v) is 3.30. The van der Waals surface area contributed by atoms with Crippen LogP contribution in [0.3, 0.4) is 0 Å². The van der Waals surface area contributed by atoms with Crippen LogP contribution in [0, 0.1) is 5.92 Å². The Morgan fingerprint density at radius 1 is 1.44 bits per heavy atom. The first-order valence-corrected chi connectivity index (χ1v) is 5.86. The van der Waals surface area contributed by atoms with Gasteiger partial charge in [0.05, 0.1) is 6.20 Å². The van der Waals surface area contributed by atoms with Gasteiger partial charge in [-0.3, -0.25) is 0 Å². The lowest BCUT2D eigenvalue weighted by atomic mass is 10.1. The molecule has 0 aliphatic rings. The molecule has 92 valence electrons. The van der Waals surface area contributed by atoms with E-state index in [0.717, 1.165) is 19.2 Å². The molecule has 0 amide bonds. The normalized spacial score (nSPS) is 12.2. The Balaban J connectivity index is 2.63. The molecule has 1 aromatic heterocycles. The molecular formula is C10H15F3N2S. The first-order valence-electron chi connectivity index (χ1n) is 5.05. The van der Waals surface area contributed by atoms with E-state index in [1.165, 1.54) is 0 Å². The summed E-state index contributed by atoms with van der Waals surface area (Å²) >= 11 is 0.689. The fourth-order valence-electron chi connectivity index (χ4n) is 1.12. The maximum Gasteiger partial charge on any atom is 0.427 e. The van der Waals surface area contributed by atoms with Crippen LogP contribution in [-0.4, -0.2) is 18.6 Å². The van der Waals surface area contributed by atoms with Gasteiger partial charge >= 0.3 is 6.18 Å². The summed E-state index contributed by atoms with van der Waals surface area (Å²) in [6, 6.07) is 0. The lowest BCUT2D eigenvalue weighted by Crippen LogP contribution is -2.19. The summed E-state index contributed by atoms with van der Waals surface area (Å²) in [5, 5.41) is 0.424. The van der Waals surface area contributed by atoms with Crippen molar-refractivity contribution in [2.75, 3.05) is 18.5 Å². The monoisotopic (exact) mass is 252 g/mol. The van der Waals surface area contributed by atoms with Gasteiger partial charge in [-0.05, 0) is 12.3 Å². The molecule has 0 aromatic carbocycles. The third kappa shape index (κ3) is 3.66. The van der Waals surface area contributed by atoms with Gasteiger partial charge in [0.25, 0.3) is 0 Å². The zero-order valence-corrected chi connectivity index (χ0v) is 10.3. The molecule has 1 heterocycles. The maximum atomic E-state index is 12.3. The minimum Gasteiger partial charge on any atom is -0.351 e. The number of anilines is 1. The summed E-state index contributed by atoms with van der Waals surface area (Å²) in [7, 11) is 1.77. The second-order valence-corrected chi connectivity index (χ2v) is 5.12. The van der Waals surface area contributed by atoms with E-state index >= 15 is 0 Å². The third-order valence-electron chi connectivity index (χ3n) is 2.14. The molecule has 0 fully saturated rings. The van der Waals surface area contributed by atoms with Crippen molar-refractivity contribution in [1.82, 2.24) is 4.98 Å². The molecule has 2 nitrogen and oxygen atoms in total. The van der Waals surface area contributed by atoms with Crippen LogP contribution in [0.25, 0.3) is 0 Å². The van der Waals surface area contributed by atoms with Crippen molar-refractivity contribution in [3.8, 4) is 0 Å². The van der Waals surface area contributed by atoms with Gasteiger partial charge in [0.2, 0.25) is 0 Å². The minimum absolute atomic E-state index is 0.424. The summed E-state index contributed by atoms with van der Waals surface area (Å²) in [6.45, 7) is 4.89. The second kappa shape index (κ2) is 5.03. The van der Waals surface area contributed by atoms with E-state index in [0.29, 0.717) is 22.4 Å². The van der Waals surface area contributed by atoms with E-state index in [1.54, 1.807) is 11.9 Å². The summed E-state index contributed by atoms with van der Waals surface area (Å²) in [5.74, 6) is 0.532. The average Bonchev–Trinajstić information content (AvgIpc) is 2.61. The summed E-state index contributed by atoms with van der Waals surface area (Å²) in [4.78, 5) is 4.91. The predicted octanol–water partition coefficient (Wildman–Crippen LogP) is 3.64. The highest BCUT2D eigenvalue weighted by molar-refractivity contribution is 7.15. The molecule has 0 N–H and O–H groups in total.